The first kappa shape index (κ1) is 32.8. The topological polar surface area (TPSA) is 133 Å². The van der Waals surface area contributed by atoms with Gasteiger partial charge in [0.05, 0.1) is 17.3 Å². The molecule has 44 heavy (non-hydrogen) atoms. The van der Waals surface area contributed by atoms with Crippen LogP contribution < -0.4 is 9.62 Å². The van der Waals surface area contributed by atoms with Crippen LogP contribution >= 0.6 is 0 Å². The molecule has 2 N–H and O–H groups in total. The molecule has 0 unspecified atom stereocenters. The van der Waals surface area contributed by atoms with Crippen LogP contribution in [0.3, 0.4) is 0 Å². The van der Waals surface area contributed by atoms with Gasteiger partial charge in [-0.05, 0) is 81.1 Å². The number of hydrogen-bond donors (Lipinski definition) is 2. The number of nitrogens with one attached hydrogen (secondary N) is 1. The van der Waals surface area contributed by atoms with Gasteiger partial charge in [-0.25, -0.2) is 22.8 Å². The summed E-state index contributed by atoms with van der Waals surface area (Å²) >= 11 is 0. The molecule has 2 aromatic carbocycles. The minimum absolute atomic E-state index is 0.0136. The number of hydrogen-bond acceptors (Lipinski definition) is 7. The molecule has 5 rings (SSSR count). The fraction of sp³-hybridized carbons (Fsp3) is 0.379. The molecule has 1 aliphatic heterocycles. The fourth-order valence-electron chi connectivity index (χ4n) is 5.88. The third-order valence-corrected chi connectivity index (χ3v) is 9.21. The van der Waals surface area contributed by atoms with E-state index < -0.39 is 32.5 Å². The molecule has 1 aliphatic carbocycles. The molecule has 2 aliphatic rings. The van der Waals surface area contributed by atoms with Crippen molar-refractivity contribution in [3.05, 3.63) is 77.5 Å². The highest BCUT2D eigenvalue weighted by atomic mass is 32.2. The van der Waals surface area contributed by atoms with Gasteiger partial charge in [0.15, 0.2) is 0 Å². The van der Waals surface area contributed by atoms with E-state index in [1.807, 2.05) is 19.0 Å². The number of sulfonamides is 1. The van der Waals surface area contributed by atoms with E-state index in [9.17, 15) is 26.4 Å². The summed E-state index contributed by atoms with van der Waals surface area (Å²) in [7, 11) is -0.629. The molecule has 236 valence electrons. The lowest BCUT2D eigenvalue weighted by atomic mass is 9.76. The Hall–Kier alpha value is -4.11. The standard InChI is InChI=1S/C28H29F4N5O3S.CH2O2/c1-36(2)24-13-18(17-4-3-5-20(12-17)28(30,31)32)6-8-22(24)37-23-15-21(29)25(14-19(23)7-9-27(37)38)41(39,40)35-26-10-11-33-16-34-26;2-1-3/h3-5,10-12,14-16,18,22,24H,6-9,13H2,1-2H3,(H,33,34,35);1H,(H,2,3)/t18-,22-,24-;/m0./s1. The normalized spacial score (nSPS) is 20.4. The number of fused-ring (bicyclic) bond motifs is 1. The van der Waals surface area contributed by atoms with Crippen LogP contribution in [0.2, 0.25) is 0 Å². The third kappa shape index (κ3) is 7.16. The number of aryl methyl sites for hydroxylation is 1. The lowest BCUT2D eigenvalue weighted by Gasteiger charge is -2.47. The molecule has 0 radical (unpaired) electrons. The summed E-state index contributed by atoms with van der Waals surface area (Å²) in [5, 5.41) is 6.89. The van der Waals surface area contributed by atoms with E-state index >= 15 is 4.39 Å². The number of aromatic nitrogens is 2. The molecule has 0 bridgehead atoms. The SMILES string of the molecule is CN(C)[C@H]1C[C@@H](c2cccc(C(F)(F)F)c2)CC[C@@H]1N1C(=O)CCc2cc(S(=O)(=O)Nc3ccncn3)c(F)cc21.O=CO. The van der Waals surface area contributed by atoms with Gasteiger partial charge in [0, 0.05) is 18.7 Å². The number of benzene rings is 2. The summed E-state index contributed by atoms with van der Waals surface area (Å²) < 4.78 is 83.7. The highest BCUT2D eigenvalue weighted by Crippen LogP contribution is 2.42. The van der Waals surface area contributed by atoms with Gasteiger partial charge in [0.25, 0.3) is 16.5 Å². The molecule has 15 heteroatoms. The smallest absolute Gasteiger partial charge is 0.416 e. The van der Waals surface area contributed by atoms with E-state index in [1.54, 1.807) is 11.0 Å². The molecule has 3 aromatic rings. The first-order valence-corrected chi connectivity index (χ1v) is 15.1. The van der Waals surface area contributed by atoms with E-state index in [0.29, 0.717) is 36.1 Å². The van der Waals surface area contributed by atoms with Gasteiger partial charge in [-0.2, -0.15) is 13.2 Å². The summed E-state index contributed by atoms with van der Waals surface area (Å²) in [6.07, 6.45) is -0.0693. The van der Waals surface area contributed by atoms with Gasteiger partial charge in [0.2, 0.25) is 5.91 Å². The second-order valence-corrected chi connectivity index (χ2v) is 12.4. The minimum atomic E-state index is -4.45. The highest BCUT2D eigenvalue weighted by Gasteiger charge is 2.41. The second-order valence-electron chi connectivity index (χ2n) is 10.7. The van der Waals surface area contributed by atoms with Crippen molar-refractivity contribution in [2.45, 2.75) is 61.2 Å². The Morgan fingerprint density at radius 2 is 1.84 bits per heavy atom. The maximum atomic E-state index is 15.4. The Morgan fingerprint density at radius 1 is 1.11 bits per heavy atom. The van der Waals surface area contributed by atoms with Crippen molar-refractivity contribution >= 4 is 33.9 Å². The number of amides is 1. The van der Waals surface area contributed by atoms with E-state index in [2.05, 4.69) is 14.7 Å². The van der Waals surface area contributed by atoms with Crippen LogP contribution in [0.1, 0.15) is 48.3 Å². The van der Waals surface area contributed by atoms with E-state index in [1.165, 1.54) is 30.5 Å². The molecule has 0 spiro atoms. The molecule has 1 fully saturated rings. The Morgan fingerprint density at radius 3 is 2.48 bits per heavy atom. The molecule has 1 saturated carbocycles. The Labute approximate surface area is 251 Å². The predicted octanol–water partition coefficient (Wildman–Crippen LogP) is 4.68. The summed E-state index contributed by atoms with van der Waals surface area (Å²) in [6, 6.07) is 8.42. The zero-order chi connectivity index (χ0) is 32.2. The largest absolute Gasteiger partial charge is 0.483 e. The van der Waals surface area contributed by atoms with Gasteiger partial charge in [-0.15, -0.1) is 0 Å². The van der Waals surface area contributed by atoms with Crippen LogP contribution in [0.15, 0.2) is 59.9 Å². The van der Waals surface area contributed by atoms with Crippen molar-refractivity contribution in [1.29, 1.82) is 0 Å². The highest BCUT2D eigenvalue weighted by molar-refractivity contribution is 7.92. The van der Waals surface area contributed by atoms with Crippen LogP contribution in [-0.2, 0) is 32.2 Å². The average molecular weight is 638 g/mol. The number of carboxylic acid groups (broad SMARTS) is 1. The van der Waals surface area contributed by atoms with Crippen molar-refractivity contribution in [3.63, 3.8) is 0 Å². The van der Waals surface area contributed by atoms with E-state index in [-0.39, 0.29) is 49.0 Å². The summed E-state index contributed by atoms with van der Waals surface area (Å²) in [5.41, 5.74) is 0.724. The number of carbonyl (C=O) groups excluding carboxylic acids is 1. The molecule has 10 nitrogen and oxygen atoms in total. The lowest BCUT2D eigenvalue weighted by Crippen LogP contribution is -2.55. The summed E-state index contributed by atoms with van der Waals surface area (Å²) in [5.74, 6) is -1.39. The van der Waals surface area contributed by atoms with Gasteiger partial charge in [-0.1, -0.05) is 18.2 Å². The van der Waals surface area contributed by atoms with E-state index in [0.717, 1.165) is 18.5 Å². The fourth-order valence-corrected chi connectivity index (χ4v) is 7.00. The minimum Gasteiger partial charge on any atom is -0.483 e. The number of anilines is 2. The number of nitrogens with zero attached hydrogens (tertiary/aromatic N) is 4. The number of likely N-dealkylation sites (N-methyl/N-ethyl adjacent to an activating group) is 1. The van der Waals surface area contributed by atoms with Gasteiger partial charge in [-0.3, -0.25) is 14.3 Å². The second kappa shape index (κ2) is 13.3. The van der Waals surface area contributed by atoms with E-state index in [4.69, 9.17) is 9.90 Å². The summed E-state index contributed by atoms with van der Waals surface area (Å²) in [6.45, 7) is -0.250. The number of rotatable bonds is 6. The monoisotopic (exact) mass is 637 g/mol. The summed E-state index contributed by atoms with van der Waals surface area (Å²) in [4.78, 5) is 32.1. The molecule has 2 heterocycles. The maximum Gasteiger partial charge on any atom is 0.416 e. The van der Waals surface area contributed by atoms with Crippen molar-refractivity contribution in [1.82, 2.24) is 14.9 Å². The Kier molecular flexibility index (Phi) is 9.88. The van der Waals surface area contributed by atoms with Crippen LogP contribution in [0.4, 0.5) is 29.1 Å². The average Bonchev–Trinajstić information content (AvgIpc) is 2.97. The number of halogens is 4. The number of alkyl halides is 3. The van der Waals surface area contributed by atoms with Crippen LogP contribution in [0.5, 0.6) is 0 Å². The van der Waals surface area contributed by atoms with Crippen molar-refractivity contribution in [2.24, 2.45) is 0 Å². The first-order valence-electron chi connectivity index (χ1n) is 13.6. The zero-order valence-corrected chi connectivity index (χ0v) is 24.6. The first-order chi connectivity index (χ1) is 20.8. The van der Waals surface area contributed by atoms with Crippen molar-refractivity contribution in [3.8, 4) is 0 Å². The van der Waals surface area contributed by atoms with Crippen LogP contribution in [0, 0.1) is 5.82 Å². The molecular weight excluding hydrogens is 606 g/mol. The lowest BCUT2D eigenvalue weighted by molar-refractivity contribution is -0.137. The Balaban J connectivity index is 0.00000141. The molecule has 1 amide bonds. The quantitative estimate of drug-likeness (QED) is 0.294. The molecule has 1 aromatic heterocycles. The molecular formula is C29H31F4N5O5S. The van der Waals surface area contributed by atoms with Gasteiger partial charge < -0.3 is 14.9 Å². The van der Waals surface area contributed by atoms with Gasteiger partial charge >= 0.3 is 6.18 Å². The number of carbonyl (C=O) groups is 2. The van der Waals surface area contributed by atoms with Crippen LogP contribution in [0.25, 0.3) is 0 Å². The molecule has 0 saturated heterocycles. The van der Waals surface area contributed by atoms with Crippen LogP contribution in [-0.4, -0.2) is 67.0 Å². The van der Waals surface area contributed by atoms with Crippen molar-refractivity contribution in [2.75, 3.05) is 23.7 Å². The molecule has 3 atom stereocenters. The maximum absolute atomic E-state index is 15.4. The Bertz CT molecular complexity index is 1610. The van der Waals surface area contributed by atoms with Crippen molar-refractivity contribution < 1.29 is 40.7 Å². The predicted molar refractivity (Wildman–Crippen MR) is 153 cm³/mol. The van der Waals surface area contributed by atoms with Gasteiger partial charge in [0.1, 0.15) is 22.9 Å². The zero-order valence-electron chi connectivity index (χ0n) is 23.8. The third-order valence-electron chi connectivity index (χ3n) is 7.84.